The molecular weight excluding hydrogens is 626 g/mol. The highest BCUT2D eigenvalue weighted by molar-refractivity contribution is 5.98. The van der Waals surface area contributed by atoms with Gasteiger partial charge >= 0.3 is 12.1 Å². The Morgan fingerprint density at radius 3 is 2.38 bits per heavy atom. The fourth-order valence-electron chi connectivity index (χ4n) is 6.56. The average molecular weight is 664 g/mol. The third kappa shape index (κ3) is 6.02. The maximum atomic E-state index is 16.7. The summed E-state index contributed by atoms with van der Waals surface area (Å²) < 4.78 is 58.3. The summed E-state index contributed by atoms with van der Waals surface area (Å²) in [5.74, 6) is -1.53. The summed E-state index contributed by atoms with van der Waals surface area (Å²) in [7, 11) is 0. The number of aryl methyl sites for hydroxylation is 2. The Morgan fingerprint density at radius 2 is 1.77 bits per heavy atom. The molecule has 13 heteroatoms. The van der Waals surface area contributed by atoms with Crippen molar-refractivity contribution in [3.05, 3.63) is 88.3 Å². The number of carboxylic acid groups (broad SMARTS) is 1. The van der Waals surface area contributed by atoms with Gasteiger partial charge in [-0.3, -0.25) is 4.79 Å². The van der Waals surface area contributed by atoms with Crippen LogP contribution in [-0.4, -0.2) is 48.4 Å². The number of aliphatic carboxylic acids is 1. The number of nitrogens with one attached hydrogen (secondary N) is 2. The molecule has 0 spiro atoms. The molecule has 3 aromatic heterocycles. The monoisotopic (exact) mass is 663 g/mol. The normalized spacial score (nSPS) is 14.1. The molecule has 1 atom stereocenters. The van der Waals surface area contributed by atoms with Gasteiger partial charge in [-0.15, -0.1) is 0 Å². The number of carbonyl (C=O) groups is 1. The van der Waals surface area contributed by atoms with Crippen LogP contribution in [0.15, 0.2) is 48.9 Å². The van der Waals surface area contributed by atoms with Gasteiger partial charge in [-0.25, -0.2) is 19.0 Å². The smallest absolute Gasteiger partial charge is 0.419 e. The van der Waals surface area contributed by atoms with E-state index in [1.54, 1.807) is 17.2 Å². The minimum absolute atomic E-state index is 0.123. The van der Waals surface area contributed by atoms with Crippen molar-refractivity contribution in [2.45, 2.75) is 72.3 Å². The second-order valence-corrected chi connectivity index (χ2v) is 12.4. The Bertz CT molecular complexity index is 1940. The highest BCUT2D eigenvalue weighted by Gasteiger charge is 2.34. The van der Waals surface area contributed by atoms with Gasteiger partial charge in [0.05, 0.1) is 28.2 Å². The summed E-state index contributed by atoms with van der Waals surface area (Å²) in [6.45, 7) is 8.47. The molecule has 1 aliphatic heterocycles. The first-order valence-electron chi connectivity index (χ1n) is 16.0. The number of halogens is 4. The molecule has 0 saturated heterocycles. The molecule has 0 fully saturated rings. The van der Waals surface area contributed by atoms with Crippen molar-refractivity contribution >= 4 is 22.8 Å². The Balaban J connectivity index is 1.53. The van der Waals surface area contributed by atoms with Crippen LogP contribution in [0.3, 0.4) is 0 Å². The van der Waals surface area contributed by atoms with Crippen molar-refractivity contribution in [1.29, 1.82) is 0 Å². The predicted octanol–water partition coefficient (Wildman–Crippen LogP) is 6.85. The average Bonchev–Trinajstić information content (AvgIpc) is 3.69. The molecule has 3 N–H and O–H groups in total. The molecular formula is C35H37F4N7O2. The summed E-state index contributed by atoms with van der Waals surface area (Å²) in [5.41, 5.74) is 5.62. The molecule has 0 aliphatic carbocycles. The number of aromatic amines is 1. The Morgan fingerprint density at radius 1 is 1.08 bits per heavy atom. The maximum absolute atomic E-state index is 16.7. The number of nitrogens with zero attached hydrogens (tertiary/aromatic N) is 5. The van der Waals surface area contributed by atoms with E-state index >= 15 is 4.39 Å². The molecule has 48 heavy (non-hydrogen) atoms. The molecule has 0 saturated carbocycles. The number of fused-ring (bicyclic) bond motifs is 2. The molecule has 1 aliphatic rings. The van der Waals surface area contributed by atoms with Crippen LogP contribution in [0.4, 0.5) is 23.5 Å². The van der Waals surface area contributed by atoms with E-state index in [2.05, 4.69) is 34.1 Å². The largest absolute Gasteiger partial charge is 0.480 e. The summed E-state index contributed by atoms with van der Waals surface area (Å²) in [4.78, 5) is 24.9. The van der Waals surface area contributed by atoms with Gasteiger partial charge in [-0.1, -0.05) is 45.9 Å². The van der Waals surface area contributed by atoms with Crippen molar-refractivity contribution < 1.29 is 27.5 Å². The second kappa shape index (κ2) is 13.0. The van der Waals surface area contributed by atoms with Gasteiger partial charge < -0.3 is 20.3 Å². The third-order valence-electron chi connectivity index (χ3n) is 9.02. The number of hydrogen-bond acceptors (Lipinski definition) is 6. The van der Waals surface area contributed by atoms with Gasteiger partial charge in [-0.05, 0) is 47.6 Å². The predicted molar refractivity (Wildman–Crippen MR) is 174 cm³/mol. The van der Waals surface area contributed by atoms with Crippen LogP contribution in [0.2, 0.25) is 0 Å². The lowest BCUT2D eigenvalue weighted by molar-refractivity contribution is -0.141. The van der Waals surface area contributed by atoms with E-state index in [4.69, 9.17) is 5.10 Å². The van der Waals surface area contributed by atoms with E-state index in [0.717, 1.165) is 40.5 Å². The Labute approximate surface area is 275 Å². The zero-order valence-electron chi connectivity index (χ0n) is 27.1. The van der Waals surface area contributed by atoms with Crippen LogP contribution >= 0.6 is 0 Å². The summed E-state index contributed by atoms with van der Waals surface area (Å²) >= 11 is 0. The van der Waals surface area contributed by atoms with Crippen LogP contribution in [0.5, 0.6) is 0 Å². The summed E-state index contributed by atoms with van der Waals surface area (Å²) in [5, 5.41) is 18.4. The molecule has 0 unspecified atom stereocenters. The van der Waals surface area contributed by atoms with Crippen LogP contribution in [0, 0.1) is 11.7 Å². The van der Waals surface area contributed by atoms with E-state index in [1.165, 1.54) is 6.07 Å². The van der Waals surface area contributed by atoms with E-state index in [9.17, 15) is 23.1 Å². The van der Waals surface area contributed by atoms with E-state index in [0.29, 0.717) is 53.5 Å². The van der Waals surface area contributed by atoms with E-state index in [-0.39, 0.29) is 25.0 Å². The Hall–Kier alpha value is -4.78. The third-order valence-corrected chi connectivity index (χ3v) is 9.02. The molecule has 0 bridgehead atoms. The van der Waals surface area contributed by atoms with Gasteiger partial charge in [0.2, 0.25) is 5.95 Å². The highest BCUT2D eigenvalue weighted by Crippen LogP contribution is 2.41. The molecule has 0 amide bonds. The van der Waals surface area contributed by atoms with Gasteiger partial charge in [0.25, 0.3) is 0 Å². The fraction of sp³-hybridized carbons (Fsp3) is 0.371. The fourth-order valence-corrected chi connectivity index (χ4v) is 6.56. The van der Waals surface area contributed by atoms with Crippen molar-refractivity contribution in [3.8, 4) is 16.9 Å². The van der Waals surface area contributed by atoms with Gasteiger partial charge in [0.1, 0.15) is 11.9 Å². The molecule has 0 radical (unpaired) electrons. The maximum Gasteiger partial charge on any atom is 0.419 e. The van der Waals surface area contributed by atoms with E-state index in [1.807, 2.05) is 36.7 Å². The first-order valence-corrected chi connectivity index (χ1v) is 16.0. The molecule has 252 valence electrons. The highest BCUT2D eigenvalue weighted by atomic mass is 19.4. The zero-order valence-corrected chi connectivity index (χ0v) is 27.1. The van der Waals surface area contributed by atoms with E-state index < -0.39 is 29.6 Å². The number of benzene rings is 2. The summed E-state index contributed by atoms with van der Waals surface area (Å²) in [6, 6.07) is 8.47. The van der Waals surface area contributed by atoms with Crippen molar-refractivity contribution in [3.63, 3.8) is 0 Å². The molecule has 6 rings (SSSR count). The minimum atomic E-state index is -4.56. The number of hydrogen-bond donors (Lipinski definition) is 3. The van der Waals surface area contributed by atoms with Crippen LogP contribution < -0.4 is 10.2 Å². The first-order chi connectivity index (χ1) is 22.9. The summed E-state index contributed by atoms with van der Waals surface area (Å²) in [6.07, 6.45) is 0.588. The number of alkyl halides is 3. The first kappa shape index (κ1) is 33.1. The van der Waals surface area contributed by atoms with Gasteiger partial charge in [-0.2, -0.15) is 18.3 Å². The minimum Gasteiger partial charge on any atom is -0.480 e. The number of aromatic nitrogens is 5. The van der Waals surface area contributed by atoms with Gasteiger partial charge in [0, 0.05) is 61.2 Å². The molecule has 9 nitrogen and oxygen atoms in total. The van der Waals surface area contributed by atoms with Crippen molar-refractivity contribution in [2.75, 3.05) is 11.4 Å². The SMILES string of the molecule is CCc1cccc(CC)c1-n1nc2c(c1-c1c(F)cc(CN[C@H](C(=O)O)C(C)C)c3[nH]ccc13)CN(c1ncc(C(F)(F)F)cn1)CC2. The second-order valence-electron chi connectivity index (χ2n) is 12.4. The van der Waals surface area contributed by atoms with Crippen LogP contribution in [-0.2, 0) is 43.3 Å². The Kier molecular flexibility index (Phi) is 8.99. The zero-order chi connectivity index (χ0) is 34.3. The lowest BCUT2D eigenvalue weighted by Gasteiger charge is -2.27. The lowest BCUT2D eigenvalue weighted by Crippen LogP contribution is -2.40. The number of anilines is 1. The van der Waals surface area contributed by atoms with Gasteiger partial charge in [0.15, 0.2) is 0 Å². The molecule has 5 aromatic rings. The van der Waals surface area contributed by atoms with Crippen molar-refractivity contribution in [2.24, 2.45) is 5.92 Å². The number of carboxylic acids is 1. The molecule has 2 aromatic carbocycles. The number of rotatable bonds is 10. The quantitative estimate of drug-likeness (QED) is 0.140. The molecule has 4 heterocycles. The van der Waals surface area contributed by atoms with Crippen molar-refractivity contribution in [1.82, 2.24) is 30.0 Å². The lowest BCUT2D eigenvalue weighted by atomic mass is 9.95. The number of para-hydroxylation sites is 1. The number of H-pyrrole nitrogens is 1. The van der Waals surface area contributed by atoms with Crippen LogP contribution in [0.1, 0.15) is 61.2 Å². The standard InChI is InChI=1S/C35H37F4N7O2/c1-5-20-8-7-9-21(6-2)31(20)46-32(25-18-45(13-11-27(25)44-46)34-42-16-23(17-43-34)35(37,38)39)28-24-10-12-40-30(24)22(14-26(28)36)15-41-29(19(3)4)33(47)48/h7-10,12,14,16-17,19,29,40-41H,5-6,11,13,15,18H2,1-4H3,(H,47,48)/t29-/m0/s1. The van der Waals surface area contributed by atoms with Crippen LogP contribution in [0.25, 0.3) is 27.8 Å². The topological polar surface area (TPSA) is 112 Å².